The largest absolute Gasteiger partial charge is 0.489 e. The van der Waals surface area contributed by atoms with Gasteiger partial charge in [-0.3, -0.25) is 4.79 Å². The highest BCUT2D eigenvalue weighted by atomic mass is 16.6. The summed E-state index contributed by atoms with van der Waals surface area (Å²) in [5.74, 6) is -0.0667. The number of aromatic nitrogens is 2. The van der Waals surface area contributed by atoms with Crippen LogP contribution in [0.1, 0.15) is 42.6 Å². The van der Waals surface area contributed by atoms with Gasteiger partial charge in [0.15, 0.2) is 5.76 Å². The van der Waals surface area contributed by atoms with Gasteiger partial charge in [-0.15, -0.1) is 0 Å². The molecular weight excluding hydrogens is 418 g/mol. The van der Waals surface area contributed by atoms with Crippen LogP contribution in [0.5, 0.6) is 5.75 Å². The molecule has 1 aliphatic carbocycles. The molecule has 0 aromatic carbocycles. The molecule has 0 spiro atoms. The molecule has 2 aromatic heterocycles. The van der Waals surface area contributed by atoms with E-state index in [1.54, 1.807) is 19.1 Å². The number of hydrogen-bond acceptors (Lipinski definition) is 8. The van der Waals surface area contributed by atoms with Crippen molar-refractivity contribution in [3.05, 3.63) is 29.1 Å². The number of methoxy groups -OCH3 is 1. The van der Waals surface area contributed by atoms with E-state index in [1.807, 2.05) is 6.92 Å². The van der Waals surface area contributed by atoms with Gasteiger partial charge in [0.05, 0.1) is 36.6 Å². The lowest BCUT2D eigenvalue weighted by Gasteiger charge is -2.27. The zero-order valence-electron chi connectivity index (χ0n) is 18.6. The molecule has 0 aliphatic heterocycles. The van der Waals surface area contributed by atoms with E-state index in [2.05, 4.69) is 15.5 Å². The van der Waals surface area contributed by atoms with Crippen molar-refractivity contribution in [1.29, 1.82) is 0 Å². The number of rotatable bonds is 9. The van der Waals surface area contributed by atoms with E-state index in [1.165, 1.54) is 7.11 Å². The average Bonchev–Trinajstić information content (AvgIpc) is 3.14. The molecule has 10 heteroatoms. The van der Waals surface area contributed by atoms with Crippen LogP contribution in [0.15, 0.2) is 16.7 Å². The summed E-state index contributed by atoms with van der Waals surface area (Å²) in [6, 6.07) is 3.57. The van der Waals surface area contributed by atoms with Crippen molar-refractivity contribution in [2.24, 2.45) is 5.92 Å². The summed E-state index contributed by atoms with van der Waals surface area (Å²) in [5, 5.41) is 15.9. The van der Waals surface area contributed by atoms with E-state index in [9.17, 15) is 14.7 Å². The van der Waals surface area contributed by atoms with Crippen LogP contribution >= 0.6 is 0 Å². The van der Waals surface area contributed by atoms with Crippen molar-refractivity contribution in [2.45, 2.75) is 52.2 Å². The van der Waals surface area contributed by atoms with Gasteiger partial charge in [-0.05, 0) is 51.7 Å². The first-order valence-electron chi connectivity index (χ1n) is 10.6. The maximum Gasteiger partial charge on any atom is 0.407 e. The lowest BCUT2D eigenvalue weighted by molar-refractivity contribution is -0.143. The van der Waals surface area contributed by atoms with Crippen LogP contribution in [0.2, 0.25) is 0 Å². The Hall–Kier alpha value is -3.14. The molecule has 1 saturated carbocycles. The summed E-state index contributed by atoms with van der Waals surface area (Å²) in [7, 11) is 1.53. The number of carboxylic acid groups (broad SMARTS) is 1. The molecule has 2 N–H and O–H groups in total. The predicted molar refractivity (Wildman–Crippen MR) is 113 cm³/mol. The van der Waals surface area contributed by atoms with Crippen molar-refractivity contribution in [2.75, 3.05) is 20.3 Å². The van der Waals surface area contributed by atoms with Crippen LogP contribution in [-0.2, 0) is 20.8 Å². The van der Waals surface area contributed by atoms with Gasteiger partial charge in [0.1, 0.15) is 18.1 Å². The second kappa shape index (κ2) is 10.9. The minimum atomic E-state index is -0.770. The number of aryl methyl sites for hydroxylation is 2. The molecule has 2 aromatic rings. The number of alkyl carbamates (subject to hydrolysis) is 1. The normalized spacial score (nSPS) is 18.2. The number of amides is 1. The summed E-state index contributed by atoms with van der Waals surface area (Å²) in [4.78, 5) is 27.7. The number of ether oxygens (including phenoxy) is 3. The van der Waals surface area contributed by atoms with Crippen molar-refractivity contribution < 1.29 is 33.4 Å². The Morgan fingerprint density at radius 1 is 1.22 bits per heavy atom. The summed E-state index contributed by atoms with van der Waals surface area (Å²) in [6.07, 6.45) is 2.12. The summed E-state index contributed by atoms with van der Waals surface area (Å²) in [6.45, 7) is 4.26. The highest BCUT2D eigenvalue weighted by Crippen LogP contribution is 2.31. The fourth-order valence-electron chi connectivity index (χ4n) is 3.68. The summed E-state index contributed by atoms with van der Waals surface area (Å²) < 4.78 is 21.4. The van der Waals surface area contributed by atoms with Crippen LogP contribution in [0, 0.1) is 19.8 Å². The van der Waals surface area contributed by atoms with Crippen molar-refractivity contribution in [1.82, 2.24) is 15.5 Å². The van der Waals surface area contributed by atoms with Gasteiger partial charge in [-0.1, -0.05) is 5.16 Å². The minimum absolute atomic E-state index is 0.146. The molecule has 0 unspecified atom stereocenters. The minimum Gasteiger partial charge on any atom is -0.489 e. The number of nitrogens with zero attached hydrogens (tertiary/aromatic N) is 2. The molecule has 174 valence electrons. The summed E-state index contributed by atoms with van der Waals surface area (Å²) >= 11 is 0. The van der Waals surface area contributed by atoms with E-state index in [0.29, 0.717) is 53.6 Å². The standard InChI is InChI=1S/C22H29N3O7/c1-13-17(12-23-22(28)30-10-9-29-3)20(32-25-13)18-7-8-19(14(2)24-18)31-16-6-4-5-15(11-16)21(26)27/h7-8,15-16H,4-6,9-12H2,1-3H3,(H,23,28)(H,26,27)/t15-,16-/m0/s1. The molecule has 32 heavy (non-hydrogen) atoms. The van der Waals surface area contributed by atoms with Gasteiger partial charge in [0.2, 0.25) is 0 Å². The highest BCUT2D eigenvalue weighted by Gasteiger charge is 2.28. The first-order valence-corrected chi connectivity index (χ1v) is 10.6. The Kier molecular flexibility index (Phi) is 8.04. The van der Waals surface area contributed by atoms with E-state index >= 15 is 0 Å². The number of carbonyl (C=O) groups is 2. The van der Waals surface area contributed by atoms with Gasteiger partial charge in [-0.25, -0.2) is 9.78 Å². The SMILES string of the molecule is COCCOC(=O)NCc1c(C)noc1-c1ccc(O[C@H]2CCC[C@H](C(=O)O)C2)c(C)n1. The highest BCUT2D eigenvalue weighted by molar-refractivity contribution is 5.70. The molecule has 2 heterocycles. The van der Waals surface area contributed by atoms with Gasteiger partial charge in [-0.2, -0.15) is 0 Å². The number of carboxylic acids is 1. The summed E-state index contributed by atoms with van der Waals surface area (Å²) in [5.41, 5.74) is 2.56. The second-order valence-electron chi connectivity index (χ2n) is 7.78. The first-order chi connectivity index (χ1) is 15.4. The van der Waals surface area contributed by atoms with Crippen LogP contribution in [0.25, 0.3) is 11.5 Å². The Labute approximate surface area is 186 Å². The van der Waals surface area contributed by atoms with E-state index < -0.39 is 12.1 Å². The van der Waals surface area contributed by atoms with Gasteiger partial charge in [0.25, 0.3) is 0 Å². The average molecular weight is 447 g/mol. The molecular formula is C22H29N3O7. The van der Waals surface area contributed by atoms with Gasteiger partial charge in [0, 0.05) is 12.7 Å². The lowest BCUT2D eigenvalue weighted by Crippen LogP contribution is -2.29. The quantitative estimate of drug-likeness (QED) is 0.556. The molecule has 10 nitrogen and oxygen atoms in total. The third kappa shape index (κ3) is 5.97. The Bertz CT molecular complexity index is 944. The predicted octanol–water partition coefficient (Wildman–Crippen LogP) is 3.25. The fraction of sp³-hybridized carbons (Fsp3) is 0.545. The topological polar surface area (TPSA) is 133 Å². The van der Waals surface area contributed by atoms with E-state index in [-0.39, 0.29) is 25.2 Å². The number of carbonyl (C=O) groups excluding carboxylic acids is 1. The van der Waals surface area contributed by atoms with Gasteiger partial charge < -0.3 is 29.2 Å². The van der Waals surface area contributed by atoms with Gasteiger partial charge >= 0.3 is 12.1 Å². The molecule has 1 aliphatic rings. The van der Waals surface area contributed by atoms with Crippen molar-refractivity contribution in [3.63, 3.8) is 0 Å². The third-order valence-electron chi connectivity index (χ3n) is 5.45. The monoisotopic (exact) mass is 447 g/mol. The number of hydrogen-bond donors (Lipinski definition) is 2. The Morgan fingerprint density at radius 2 is 2.03 bits per heavy atom. The number of aliphatic carboxylic acids is 1. The fourth-order valence-corrected chi connectivity index (χ4v) is 3.68. The van der Waals surface area contributed by atoms with Crippen LogP contribution in [0.4, 0.5) is 4.79 Å². The zero-order valence-corrected chi connectivity index (χ0v) is 18.6. The molecule has 2 atom stereocenters. The lowest BCUT2D eigenvalue weighted by atomic mass is 9.87. The Balaban J connectivity index is 1.67. The molecule has 1 amide bonds. The first kappa shape index (κ1) is 23.5. The third-order valence-corrected chi connectivity index (χ3v) is 5.45. The number of pyridine rings is 1. The molecule has 0 radical (unpaired) electrons. The Morgan fingerprint density at radius 3 is 2.75 bits per heavy atom. The molecule has 0 bridgehead atoms. The second-order valence-corrected chi connectivity index (χ2v) is 7.78. The van der Waals surface area contributed by atoms with E-state index in [0.717, 1.165) is 12.8 Å². The zero-order chi connectivity index (χ0) is 23.1. The molecule has 0 saturated heterocycles. The number of nitrogens with one attached hydrogen (secondary N) is 1. The maximum atomic E-state index is 11.8. The smallest absolute Gasteiger partial charge is 0.407 e. The van der Waals surface area contributed by atoms with Crippen LogP contribution in [-0.4, -0.2) is 53.7 Å². The van der Waals surface area contributed by atoms with Crippen LogP contribution < -0.4 is 10.1 Å². The van der Waals surface area contributed by atoms with Crippen LogP contribution in [0.3, 0.4) is 0 Å². The molecule has 3 rings (SSSR count). The molecule has 1 fully saturated rings. The van der Waals surface area contributed by atoms with Crippen molar-refractivity contribution >= 4 is 12.1 Å². The maximum absolute atomic E-state index is 11.8. The van der Waals surface area contributed by atoms with Crippen molar-refractivity contribution in [3.8, 4) is 17.2 Å². The van der Waals surface area contributed by atoms with E-state index in [4.69, 9.17) is 18.7 Å².